The van der Waals surface area contributed by atoms with E-state index in [0.717, 1.165) is 25.7 Å². The van der Waals surface area contributed by atoms with Crippen molar-refractivity contribution in [3.05, 3.63) is 107 Å². The highest BCUT2D eigenvalue weighted by molar-refractivity contribution is 6.04. The lowest BCUT2D eigenvalue weighted by molar-refractivity contribution is 0.0320. The second kappa shape index (κ2) is 13.0. The highest BCUT2D eigenvalue weighted by Crippen LogP contribution is 2.32. The second-order valence-electron chi connectivity index (χ2n) is 9.97. The number of amides is 1. The minimum Gasteiger partial charge on any atom is -0.476 e. The van der Waals surface area contributed by atoms with Gasteiger partial charge in [0.2, 0.25) is 11.3 Å². The summed E-state index contributed by atoms with van der Waals surface area (Å²) in [5.74, 6) is -1.25. The monoisotopic (exact) mass is 599 g/mol. The first kappa shape index (κ1) is 28.9. The van der Waals surface area contributed by atoms with Crippen molar-refractivity contribution in [3.63, 3.8) is 0 Å². The molecular weight excluding hydrogens is 572 g/mol. The quantitative estimate of drug-likeness (QED) is 0.243. The van der Waals surface area contributed by atoms with Crippen LogP contribution in [0.25, 0.3) is 22.0 Å². The Morgan fingerprint density at radius 3 is 2.61 bits per heavy atom. The van der Waals surface area contributed by atoms with E-state index in [-0.39, 0.29) is 22.6 Å². The number of anilines is 1. The first-order chi connectivity index (χ1) is 21.4. The Hall–Kier alpha value is -5.20. The molecule has 0 aliphatic carbocycles. The van der Waals surface area contributed by atoms with Crippen LogP contribution in [0.5, 0.6) is 17.4 Å². The Kier molecular flexibility index (Phi) is 8.52. The van der Waals surface area contributed by atoms with Crippen LogP contribution in [0, 0.1) is 11.6 Å². The summed E-state index contributed by atoms with van der Waals surface area (Å²) in [6, 6.07) is 12.5. The molecule has 0 atom stereocenters. The number of benzene rings is 2. The highest BCUT2D eigenvalue weighted by atomic mass is 19.1. The zero-order valence-electron chi connectivity index (χ0n) is 23.4. The molecule has 1 aliphatic rings. The Labute approximate surface area is 250 Å². The topological polar surface area (TPSA) is 119 Å². The number of H-pyrrole nitrogens is 1. The predicted octanol–water partition coefficient (Wildman–Crippen LogP) is 5.02. The molecule has 6 rings (SSSR count). The van der Waals surface area contributed by atoms with Crippen LogP contribution < -0.4 is 20.2 Å². The summed E-state index contributed by atoms with van der Waals surface area (Å²) in [6.07, 6.45) is 5.78. The molecular formula is C32H27F2N5O5. The maximum atomic E-state index is 15.1. The molecule has 0 radical (unpaired) electrons. The molecule has 0 bridgehead atoms. The number of nitrogens with zero attached hydrogens (tertiary/aromatic N) is 3. The van der Waals surface area contributed by atoms with E-state index in [1.807, 2.05) is 0 Å². The molecule has 224 valence electrons. The zero-order chi connectivity index (χ0) is 30.5. The van der Waals surface area contributed by atoms with Gasteiger partial charge in [0.05, 0.1) is 24.1 Å². The molecule has 1 saturated heterocycles. The molecule has 2 aromatic carbocycles. The molecule has 1 fully saturated rings. The van der Waals surface area contributed by atoms with E-state index >= 15 is 4.39 Å². The summed E-state index contributed by atoms with van der Waals surface area (Å²) in [5.41, 5.74) is 0.576. The van der Waals surface area contributed by atoms with Crippen LogP contribution in [-0.4, -0.2) is 65.2 Å². The minimum atomic E-state index is -0.738. The fourth-order valence-corrected chi connectivity index (χ4v) is 4.75. The van der Waals surface area contributed by atoms with Gasteiger partial charge < -0.3 is 24.5 Å². The zero-order valence-corrected chi connectivity index (χ0v) is 23.4. The average Bonchev–Trinajstić information content (AvgIpc) is 3.03. The number of fused-ring (bicyclic) bond motifs is 1. The lowest BCUT2D eigenvalue weighted by atomic mass is 10.0. The van der Waals surface area contributed by atoms with Gasteiger partial charge in [-0.3, -0.25) is 19.5 Å². The number of aromatic amines is 1. The van der Waals surface area contributed by atoms with E-state index in [4.69, 9.17) is 14.2 Å². The van der Waals surface area contributed by atoms with Crippen molar-refractivity contribution in [2.24, 2.45) is 0 Å². The highest BCUT2D eigenvalue weighted by Gasteiger charge is 2.17. The summed E-state index contributed by atoms with van der Waals surface area (Å²) in [4.78, 5) is 39.6. The average molecular weight is 600 g/mol. The third-order valence-electron chi connectivity index (χ3n) is 7.08. The van der Waals surface area contributed by atoms with Gasteiger partial charge in [-0.2, -0.15) is 0 Å². The fourth-order valence-electron chi connectivity index (χ4n) is 4.75. The standard InChI is InChI=1S/C32H27F2N5O5/c33-21-3-1-20(2-4-21)23-17-35-18-25(31(23)40)32(41)38-22-5-6-29(26(34)15-22)44-28-7-8-36-27-16-30(37-19-24(27)28)43-14-11-39-9-12-42-13-10-39/h1-8,15-19H,9-14H2,(H,35,40)(H,38,41). The van der Waals surface area contributed by atoms with E-state index in [1.165, 1.54) is 48.8 Å². The molecule has 1 aliphatic heterocycles. The molecule has 2 N–H and O–H groups in total. The van der Waals surface area contributed by atoms with Crippen LogP contribution in [0.4, 0.5) is 14.5 Å². The van der Waals surface area contributed by atoms with Gasteiger partial charge in [0, 0.05) is 67.8 Å². The number of morpholine rings is 1. The van der Waals surface area contributed by atoms with Crippen LogP contribution in [-0.2, 0) is 4.74 Å². The number of rotatable bonds is 9. The van der Waals surface area contributed by atoms with Crippen molar-refractivity contribution in [2.45, 2.75) is 0 Å². The summed E-state index contributed by atoms with van der Waals surface area (Å²) >= 11 is 0. The number of halogens is 2. The molecule has 10 nitrogen and oxygen atoms in total. The Morgan fingerprint density at radius 1 is 1.00 bits per heavy atom. The van der Waals surface area contributed by atoms with Gasteiger partial charge >= 0.3 is 0 Å². The molecule has 0 spiro atoms. The van der Waals surface area contributed by atoms with Gasteiger partial charge in [0.1, 0.15) is 23.7 Å². The van der Waals surface area contributed by atoms with Crippen LogP contribution in [0.3, 0.4) is 0 Å². The normalized spacial score (nSPS) is 13.5. The van der Waals surface area contributed by atoms with Crippen molar-refractivity contribution in [3.8, 4) is 28.5 Å². The number of ether oxygens (including phenoxy) is 3. The first-order valence-corrected chi connectivity index (χ1v) is 13.9. The molecule has 4 heterocycles. The van der Waals surface area contributed by atoms with Gasteiger partial charge in [-0.25, -0.2) is 13.8 Å². The predicted molar refractivity (Wildman–Crippen MR) is 159 cm³/mol. The molecule has 44 heavy (non-hydrogen) atoms. The molecule has 12 heteroatoms. The number of hydrogen-bond donors (Lipinski definition) is 2. The van der Waals surface area contributed by atoms with E-state index in [9.17, 15) is 14.0 Å². The van der Waals surface area contributed by atoms with Crippen molar-refractivity contribution in [1.29, 1.82) is 0 Å². The van der Waals surface area contributed by atoms with Gasteiger partial charge in [0.15, 0.2) is 11.6 Å². The summed E-state index contributed by atoms with van der Waals surface area (Å²) < 4.78 is 45.4. The third kappa shape index (κ3) is 6.56. The third-order valence-corrected chi connectivity index (χ3v) is 7.08. The SMILES string of the molecule is O=C(Nc1ccc(Oc2ccnc3cc(OCCN4CCOCC4)ncc23)c(F)c1)c1c[nH]cc(-c2ccc(F)cc2)c1=O. The maximum absolute atomic E-state index is 15.1. The number of carbonyl (C=O) groups excluding carboxylic acids is 1. The van der Waals surface area contributed by atoms with Gasteiger partial charge in [-0.05, 0) is 35.9 Å². The number of carbonyl (C=O) groups is 1. The lowest BCUT2D eigenvalue weighted by Gasteiger charge is -2.26. The van der Waals surface area contributed by atoms with Gasteiger partial charge in [-0.15, -0.1) is 0 Å². The molecule has 5 aromatic rings. The molecule has 0 saturated carbocycles. The number of aromatic nitrogens is 3. The van der Waals surface area contributed by atoms with Crippen LogP contribution >= 0.6 is 0 Å². The van der Waals surface area contributed by atoms with Crippen molar-refractivity contribution in [1.82, 2.24) is 19.9 Å². The first-order valence-electron chi connectivity index (χ1n) is 13.9. The van der Waals surface area contributed by atoms with E-state index in [0.29, 0.717) is 47.9 Å². The van der Waals surface area contributed by atoms with Crippen LogP contribution in [0.1, 0.15) is 10.4 Å². The lowest BCUT2D eigenvalue weighted by Crippen LogP contribution is -2.38. The molecule has 0 unspecified atom stereocenters. The number of nitrogens with one attached hydrogen (secondary N) is 2. The molecule has 1 amide bonds. The minimum absolute atomic E-state index is 0.0857. The van der Waals surface area contributed by atoms with Crippen molar-refractivity contribution in [2.75, 3.05) is 44.8 Å². The summed E-state index contributed by atoms with van der Waals surface area (Å²) in [7, 11) is 0. The number of hydrogen-bond acceptors (Lipinski definition) is 8. The van der Waals surface area contributed by atoms with Crippen molar-refractivity contribution < 1.29 is 27.8 Å². The largest absolute Gasteiger partial charge is 0.476 e. The Morgan fingerprint density at radius 2 is 1.82 bits per heavy atom. The van der Waals surface area contributed by atoms with E-state index in [1.54, 1.807) is 24.5 Å². The Balaban J connectivity index is 1.13. The second-order valence-corrected chi connectivity index (χ2v) is 9.97. The smallest absolute Gasteiger partial charge is 0.261 e. The van der Waals surface area contributed by atoms with Crippen LogP contribution in [0.2, 0.25) is 0 Å². The van der Waals surface area contributed by atoms with Gasteiger partial charge in [-0.1, -0.05) is 12.1 Å². The van der Waals surface area contributed by atoms with Crippen molar-refractivity contribution >= 4 is 22.5 Å². The van der Waals surface area contributed by atoms with E-state index in [2.05, 4.69) is 25.2 Å². The summed E-state index contributed by atoms with van der Waals surface area (Å²) in [5, 5.41) is 3.09. The van der Waals surface area contributed by atoms with Crippen LogP contribution in [0.15, 0.2) is 84.2 Å². The number of pyridine rings is 3. The maximum Gasteiger partial charge on any atom is 0.261 e. The summed E-state index contributed by atoms with van der Waals surface area (Å²) in [6.45, 7) is 4.40. The Bertz CT molecular complexity index is 1860. The molecule has 3 aromatic heterocycles. The fraction of sp³-hybridized carbons (Fsp3) is 0.188. The van der Waals surface area contributed by atoms with E-state index < -0.39 is 23.0 Å². The van der Waals surface area contributed by atoms with Gasteiger partial charge in [0.25, 0.3) is 5.91 Å².